The van der Waals surface area contributed by atoms with E-state index in [9.17, 15) is 4.79 Å². The summed E-state index contributed by atoms with van der Waals surface area (Å²) >= 11 is 0. The van der Waals surface area contributed by atoms with E-state index < -0.39 is 12.3 Å². The molecule has 0 amide bonds. The molecule has 1 aliphatic heterocycles. The van der Waals surface area contributed by atoms with E-state index in [1.165, 1.54) is 0 Å². The smallest absolute Gasteiger partial charge is 0.345 e. The van der Waals surface area contributed by atoms with E-state index in [1.807, 2.05) is 19.1 Å². The quantitative estimate of drug-likeness (QED) is 0.699. The number of hydrogen-bond donors (Lipinski definition) is 1. The van der Waals surface area contributed by atoms with Crippen molar-refractivity contribution in [3.05, 3.63) is 29.3 Å². The maximum absolute atomic E-state index is 11.4. The van der Waals surface area contributed by atoms with Gasteiger partial charge in [-0.1, -0.05) is 12.1 Å². The molecule has 1 atom stereocenters. The second-order valence-corrected chi connectivity index (χ2v) is 3.56. The second-order valence-electron chi connectivity index (χ2n) is 3.56. The molecule has 1 unspecified atom stereocenters. The molecule has 5 heteroatoms. The van der Waals surface area contributed by atoms with Gasteiger partial charge < -0.3 is 14.6 Å². The number of benzene rings is 1. The summed E-state index contributed by atoms with van der Waals surface area (Å²) in [4.78, 5) is 20.4. The maximum Gasteiger partial charge on any atom is 0.345 e. The highest BCUT2D eigenvalue weighted by atomic mass is 16.7. The van der Waals surface area contributed by atoms with Gasteiger partial charge in [0.2, 0.25) is 6.29 Å². The van der Waals surface area contributed by atoms with Crippen LogP contribution in [0.2, 0.25) is 0 Å². The first-order valence-corrected chi connectivity index (χ1v) is 5.08. The first kappa shape index (κ1) is 13.0. The van der Waals surface area contributed by atoms with Crippen LogP contribution in [0.1, 0.15) is 29.8 Å². The van der Waals surface area contributed by atoms with E-state index in [0.29, 0.717) is 11.3 Å². The van der Waals surface area contributed by atoms with Gasteiger partial charge >= 0.3 is 5.97 Å². The molecule has 0 spiro atoms. The van der Waals surface area contributed by atoms with Gasteiger partial charge in [-0.25, -0.2) is 4.79 Å². The molecule has 1 aromatic rings. The average molecular weight is 238 g/mol. The number of aryl methyl sites for hydroxylation is 1. The maximum atomic E-state index is 11.4. The number of carboxylic acid groups (broad SMARTS) is 1. The van der Waals surface area contributed by atoms with Gasteiger partial charge in [-0.2, -0.15) is 0 Å². The normalized spacial score (nSPS) is 16.9. The van der Waals surface area contributed by atoms with Crippen molar-refractivity contribution in [2.75, 3.05) is 0 Å². The van der Waals surface area contributed by atoms with Crippen molar-refractivity contribution < 1.29 is 24.2 Å². The van der Waals surface area contributed by atoms with E-state index in [1.54, 1.807) is 13.0 Å². The molecule has 17 heavy (non-hydrogen) atoms. The summed E-state index contributed by atoms with van der Waals surface area (Å²) in [5.74, 6) is -0.518. The number of ether oxygens (including phenoxy) is 2. The highest BCUT2D eigenvalue weighted by Crippen LogP contribution is 2.28. The third kappa shape index (κ3) is 3.48. The van der Waals surface area contributed by atoms with Crippen LogP contribution in [0.15, 0.2) is 18.2 Å². The predicted octanol–water partition coefficient (Wildman–Crippen LogP) is 1.98. The van der Waals surface area contributed by atoms with Crippen LogP contribution in [0, 0.1) is 6.92 Å². The van der Waals surface area contributed by atoms with Gasteiger partial charge in [-0.05, 0) is 18.6 Å². The number of rotatable bonds is 0. The summed E-state index contributed by atoms with van der Waals surface area (Å²) < 4.78 is 10.3. The third-order valence-corrected chi connectivity index (χ3v) is 2.00. The molecular weight excluding hydrogens is 224 g/mol. The van der Waals surface area contributed by atoms with Crippen molar-refractivity contribution in [3.63, 3.8) is 0 Å². The molecule has 1 N–H and O–H groups in total. The second kappa shape index (κ2) is 5.34. The van der Waals surface area contributed by atoms with E-state index in [4.69, 9.17) is 19.4 Å². The lowest BCUT2D eigenvalue weighted by Gasteiger charge is -2.23. The minimum atomic E-state index is -0.833. The lowest BCUT2D eigenvalue weighted by molar-refractivity contribution is -0.134. The largest absolute Gasteiger partial charge is 0.481 e. The molecule has 1 aliphatic rings. The molecular formula is C12H14O5. The van der Waals surface area contributed by atoms with Gasteiger partial charge in [-0.15, -0.1) is 0 Å². The zero-order chi connectivity index (χ0) is 13.0. The van der Waals surface area contributed by atoms with Crippen LogP contribution in [0.3, 0.4) is 0 Å². The van der Waals surface area contributed by atoms with Gasteiger partial charge in [0.05, 0.1) is 0 Å². The number of cyclic esters (lactones) is 1. The summed E-state index contributed by atoms with van der Waals surface area (Å²) in [5.41, 5.74) is 1.43. The number of hydrogen-bond acceptors (Lipinski definition) is 4. The Labute approximate surface area is 99.0 Å². The average Bonchev–Trinajstić information content (AvgIpc) is 2.15. The standard InChI is InChI=1S/C10H10O3.C2H4O2/c1-6-4-3-5-8-9(6)10(11)13-7(2)12-8;1-2(3)4/h3-5,7H,1-2H3;1H3,(H,3,4). The minimum absolute atomic E-state index is 0.299. The van der Waals surface area contributed by atoms with Crippen LogP contribution in [-0.2, 0) is 9.53 Å². The number of esters is 1. The minimum Gasteiger partial charge on any atom is -0.481 e. The van der Waals surface area contributed by atoms with Gasteiger partial charge in [0.1, 0.15) is 11.3 Å². The van der Waals surface area contributed by atoms with Crippen molar-refractivity contribution >= 4 is 11.9 Å². The molecule has 0 aromatic heterocycles. The Kier molecular flexibility index (Phi) is 4.09. The third-order valence-electron chi connectivity index (χ3n) is 2.00. The summed E-state index contributed by atoms with van der Waals surface area (Å²) in [6.45, 7) is 4.64. The lowest BCUT2D eigenvalue weighted by Crippen LogP contribution is -2.27. The molecule has 0 bridgehead atoms. The SMILES string of the molecule is CC(=O)O.Cc1cccc2c1C(=O)OC(C)O2. The van der Waals surface area contributed by atoms with Crippen molar-refractivity contribution in [1.29, 1.82) is 0 Å². The van der Waals surface area contributed by atoms with Crippen LogP contribution < -0.4 is 4.74 Å². The van der Waals surface area contributed by atoms with E-state index in [-0.39, 0.29) is 5.97 Å². The highest BCUT2D eigenvalue weighted by Gasteiger charge is 2.25. The van der Waals surface area contributed by atoms with Crippen molar-refractivity contribution in [2.24, 2.45) is 0 Å². The molecule has 0 saturated heterocycles. The van der Waals surface area contributed by atoms with Crippen LogP contribution in [0.4, 0.5) is 0 Å². The molecule has 0 aliphatic carbocycles. The summed E-state index contributed by atoms with van der Waals surface area (Å²) in [6.07, 6.45) is -0.484. The van der Waals surface area contributed by atoms with Crippen LogP contribution in [0.5, 0.6) is 5.75 Å². The zero-order valence-corrected chi connectivity index (χ0v) is 9.89. The Morgan fingerprint density at radius 2 is 1.94 bits per heavy atom. The first-order chi connectivity index (χ1) is 7.91. The Hall–Kier alpha value is -2.04. The highest BCUT2D eigenvalue weighted by molar-refractivity contribution is 5.94. The van der Waals surface area contributed by atoms with Crippen molar-refractivity contribution in [1.82, 2.24) is 0 Å². The fraction of sp³-hybridized carbons (Fsp3) is 0.333. The fourth-order valence-electron chi connectivity index (χ4n) is 1.41. The van der Waals surface area contributed by atoms with E-state index in [0.717, 1.165) is 12.5 Å². The van der Waals surface area contributed by atoms with Crippen LogP contribution in [0.25, 0.3) is 0 Å². The van der Waals surface area contributed by atoms with Gasteiger partial charge in [0.15, 0.2) is 0 Å². The molecule has 5 nitrogen and oxygen atoms in total. The predicted molar refractivity (Wildman–Crippen MR) is 60.0 cm³/mol. The Bertz CT molecular complexity index is 435. The Balaban J connectivity index is 0.000000317. The zero-order valence-electron chi connectivity index (χ0n) is 9.89. The molecule has 1 heterocycles. The molecule has 92 valence electrons. The van der Waals surface area contributed by atoms with Gasteiger partial charge in [0, 0.05) is 13.8 Å². The van der Waals surface area contributed by atoms with E-state index >= 15 is 0 Å². The first-order valence-electron chi connectivity index (χ1n) is 5.08. The summed E-state index contributed by atoms with van der Waals surface area (Å²) in [7, 11) is 0. The Morgan fingerprint density at radius 3 is 2.53 bits per heavy atom. The monoisotopic (exact) mass is 238 g/mol. The lowest BCUT2D eigenvalue weighted by atomic mass is 10.1. The van der Waals surface area contributed by atoms with Crippen LogP contribution >= 0.6 is 0 Å². The summed E-state index contributed by atoms with van der Waals surface area (Å²) in [6, 6.07) is 5.50. The molecule has 0 radical (unpaired) electrons. The molecule has 2 rings (SSSR count). The molecule has 0 fully saturated rings. The Morgan fingerprint density at radius 1 is 1.35 bits per heavy atom. The molecule has 0 saturated carbocycles. The van der Waals surface area contributed by atoms with Crippen molar-refractivity contribution in [2.45, 2.75) is 27.1 Å². The number of carbonyl (C=O) groups is 2. The number of carboxylic acids is 1. The number of fused-ring (bicyclic) bond motifs is 1. The van der Waals surface area contributed by atoms with Gasteiger partial charge in [0.25, 0.3) is 5.97 Å². The van der Waals surface area contributed by atoms with Gasteiger partial charge in [-0.3, -0.25) is 4.79 Å². The number of carbonyl (C=O) groups excluding carboxylic acids is 1. The molecule has 1 aromatic carbocycles. The van der Waals surface area contributed by atoms with Crippen molar-refractivity contribution in [3.8, 4) is 5.75 Å². The van der Waals surface area contributed by atoms with Crippen LogP contribution in [-0.4, -0.2) is 23.3 Å². The summed E-state index contributed by atoms with van der Waals surface area (Å²) in [5, 5.41) is 7.42. The fourth-order valence-corrected chi connectivity index (χ4v) is 1.41. The topological polar surface area (TPSA) is 72.8 Å². The van der Waals surface area contributed by atoms with E-state index in [2.05, 4.69) is 0 Å². The number of aliphatic carboxylic acids is 1.